The number of amides is 1. The zero-order valence-corrected chi connectivity index (χ0v) is 9.40. The standard InChI is InChI=1S/C9H20N4O2/c1-4-6(8(10)13-15)12-7(5(2)3)9(11)14/h5-7,12,15H,4H2,1-3H3,(H2,10,13)(H2,11,14). The second-order valence-corrected chi connectivity index (χ2v) is 3.78. The van der Waals surface area contributed by atoms with Crippen LogP contribution < -0.4 is 16.8 Å². The van der Waals surface area contributed by atoms with Gasteiger partial charge in [0.25, 0.3) is 0 Å². The third-order valence-corrected chi connectivity index (χ3v) is 2.23. The van der Waals surface area contributed by atoms with Crippen molar-refractivity contribution in [2.75, 3.05) is 0 Å². The quantitative estimate of drug-likeness (QED) is 0.209. The fraction of sp³-hybridized carbons (Fsp3) is 0.778. The van der Waals surface area contributed by atoms with Crippen molar-refractivity contribution in [3.05, 3.63) is 0 Å². The number of nitrogens with two attached hydrogens (primary N) is 2. The van der Waals surface area contributed by atoms with Crippen LogP contribution in [0.1, 0.15) is 27.2 Å². The number of nitrogens with zero attached hydrogens (tertiary/aromatic N) is 1. The average molecular weight is 216 g/mol. The second kappa shape index (κ2) is 6.23. The van der Waals surface area contributed by atoms with E-state index < -0.39 is 11.9 Å². The van der Waals surface area contributed by atoms with Crippen LogP contribution in [0.5, 0.6) is 0 Å². The van der Waals surface area contributed by atoms with Crippen molar-refractivity contribution >= 4 is 11.7 Å². The lowest BCUT2D eigenvalue weighted by Crippen LogP contribution is -2.53. The molecule has 0 aliphatic carbocycles. The zero-order chi connectivity index (χ0) is 12.0. The number of carbonyl (C=O) groups excluding carboxylic acids is 1. The van der Waals surface area contributed by atoms with Gasteiger partial charge < -0.3 is 16.7 Å². The van der Waals surface area contributed by atoms with E-state index in [1.165, 1.54) is 0 Å². The molecule has 0 aromatic heterocycles. The van der Waals surface area contributed by atoms with Gasteiger partial charge in [0.1, 0.15) is 0 Å². The summed E-state index contributed by atoms with van der Waals surface area (Å²) in [6, 6.07) is -0.815. The van der Waals surface area contributed by atoms with Crippen LogP contribution in [0.3, 0.4) is 0 Å². The number of rotatable bonds is 6. The van der Waals surface area contributed by atoms with Crippen LogP contribution in [0.25, 0.3) is 0 Å². The molecule has 6 nitrogen and oxygen atoms in total. The molecule has 88 valence electrons. The van der Waals surface area contributed by atoms with Crippen molar-refractivity contribution in [3.8, 4) is 0 Å². The van der Waals surface area contributed by atoms with Gasteiger partial charge in [0.15, 0.2) is 5.84 Å². The molecule has 0 aromatic carbocycles. The Bertz CT molecular complexity index is 240. The second-order valence-electron chi connectivity index (χ2n) is 3.78. The predicted molar refractivity (Wildman–Crippen MR) is 58.4 cm³/mol. The van der Waals surface area contributed by atoms with Crippen LogP contribution >= 0.6 is 0 Å². The summed E-state index contributed by atoms with van der Waals surface area (Å²) in [5, 5.41) is 14.4. The minimum atomic E-state index is -0.477. The molecule has 0 aliphatic rings. The first-order valence-electron chi connectivity index (χ1n) is 4.96. The van der Waals surface area contributed by atoms with Gasteiger partial charge in [-0.1, -0.05) is 25.9 Å². The van der Waals surface area contributed by atoms with E-state index in [0.29, 0.717) is 6.42 Å². The van der Waals surface area contributed by atoms with E-state index in [1.807, 2.05) is 20.8 Å². The summed E-state index contributed by atoms with van der Waals surface area (Å²) in [4.78, 5) is 11.1. The Kier molecular flexibility index (Phi) is 5.69. The molecule has 0 fully saturated rings. The molecular weight excluding hydrogens is 196 g/mol. The number of oxime groups is 1. The van der Waals surface area contributed by atoms with Crippen LogP contribution in [0.2, 0.25) is 0 Å². The summed E-state index contributed by atoms with van der Waals surface area (Å²) in [5.74, 6) is -0.318. The van der Waals surface area contributed by atoms with Gasteiger partial charge in [0.05, 0.1) is 12.1 Å². The molecule has 6 heteroatoms. The van der Waals surface area contributed by atoms with Gasteiger partial charge >= 0.3 is 0 Å². The predicted octanol–water partition coefficient (Wildman–Crippen LogP) is -0.389. The van der Waals surface area contributed by atoms with Crippen LogP contribution in [0, 0.1) is 5.92 Å². The maximum atomic E-state index is 11.1. The highest BCUT2D eigenvalue weighted by Gasteiger charge is 2.24. The Morgan fingerprint density at radius 1 is 1.47 bits per heavy atom. The van der Waals surface area contributed by atoms with Crippen molar-refractivity contribution in [2.24, 2.45) is 22.5 Å². The zero-order valence-electron chi connectivity index (χ0n) is 9.40. The molecule has 0 aliphatic heterocycles. The maximum absolute atomic E-state index is 11.1. The first kappa shape index (κ1) is 13.7. The third kappa shape index (κ3) is 4.16. The van der Waals surface area contributed by atoms with E-state index in [-0.39, 0.29) is 17.8 Å². The van der Waals surface area contributed by atoms with E-state index >= 15 is 0 Å². The lowest BCUT2D eigenvalue weighted by Gasteiger charge is -2.24. The summed E-state index contributed by atoms with van der Waals surface area (Å²) in [6.45, 7) is 5.62. The van der Waals surface area contributed by atoms with E-state index in [1.54, 1.807) is 0 Å². The van der Waals surface area contributed by atoms with Crippen molar-refractivity contribution < 1.29 is 10.0 Å². The number of primary amides is 1. The SMILES string of the molecule is CCC(NC(C(N)=O)C(C)C)C(N)=NO. The van der Waals surface area contributed by atoms with Crippen LogP contribution in [-0.4, -0.2) is 29.0 Å². The minimum absolute atomic E-state index is 0.0584. The molecule has 15 heavy (non-hydrogen) atoms. The monoisotopic (exact) mass is 216 g/mol. The smallest absolute Gasteiger partial charge is 0.234 e. The number of hydrogen-bond donors (Lipinski definition) is 4. The highest BCUT2D eigenvalue weighted by molar-refractivity contribution is 5.86. The largest absolute Gasteiger partial charge is 0.409 e. The van der Waals surface area contributed by atoms with Gasteiger partial charge in [-0.3, -0.25) is 10.1 Å². The summed E-state index contributed by atoms with van der Waals surface area (Å²) in [6.07, 6.45) is 0.617. The summed E-state index contributed by atoms with van der Waals surface area (Å²) in [7, 11) is 0. The van der Waals surface area contributed by atoms with Crippen LogP contribution in [0.15, 0.2) is 5.16 Å². The van der Waals surface area contributed by atoms with Crippen LogP contribution in [0.4, 0.5) is 0 Å². The molecule has 0 heterocycles. The Balaban J connectivity index is 4.56. The first-order valence-corrected chi connectivity index (χ1v) is 4.96. The Hall–Kier alpha value is -1.30. The summed E-state index contributed by atoms with van der Waals surface area (Å²) >= 11 is 0. The van der Waals surface area contributed by atoms with Crippen molar-refractivity contribution in [2.45, 2.75) is 39.3 Å². The fourth-order valence-electron chi connectivity index (χ4n) is 1.30. The third-order valence-electron chi connectivity index (χ3n) is 2.23. The van der Waals surface area contributed by atoms with Crippen molar-refractivity contribution in [1.29, 1.82) is 0 Å². The maximum Gasteiger partial charge on any atom is 0.234 e. The number of nitrogens with one attached hydrogen (secondary N) is 1. The van der Waals surface area contributed by atoms with Crippen molar-refractivity contribution in [3.63, 3.8) is 0 Å². The molecule has 0 saturated heterocycles. The van der Waals surface area contributed by atoms with Gasteiger partial charge in [-0.25, -0.2) is 0 Å². The van der Waals surface area contributed by atoms with Crippen molar-refractivity contribution in [1.82, 2.24) is 5.32 Å². The lowest BCUT2D eigenvalue weighted by molar-refractivity contribution is -0.121. The highest BCUT2D eigenvalue weighted by atomic mass is 16.4. The number of hydrogen-bond acceptors (Lipinski definition) is 4. The minimum Gasteiger partial charge on any atom is -0.409 e. The topological polar surface area (TPSA) is 114 Å². The summed E-state index contributed by atoms with van der Waals surface area (Å²) < 4.78 is 0. The molecule has 0 rings (SSSR count). The molecule has 1 amide bonds. The molecule has 2 unspecified atom stereocenters. The normalized spacial score (nSPS) is 16.4. The fourth-order valence-corrected chi connectivity index (χ4v) is 1.30. The van der Waals surface area contributed by atoms with E-state index in [4.69, 9.17) is 16.7 Å². The van der Waals surface area contributed by atoms with Gasteiger partial charge in [-0.05, 0) is 12.3 Å². The van der Waals surface area contributed by atoms with E-state index in [0.717, 1.165) is 0 Å². The average Bonchev–Trinajstić information content (AvgIpc) is 2.17. The molecule has 6 N–H and O–H groups in total. The Morgan fingerprint density at radius 2 is 2.00 bits per heavy atom. The van der Waals surface area contributed by atoms with Gasteiger partial charge in [-0.2, -0.15) is 0 Å². The first-order chi connectivity index (χ1) is 6.93. The molecule has 0 aromatic rings. The van der Waals surface area contributed by atoms with Gasteiger partial charge in [-0.15, -0.1) is 0 Å². The van der Waals surface area contributed by atoms with Gasteiger partial charge in [0, 0.05) is 0 Å². The molecule has 0 bridgehead atoms. The Morgan fingerprint density at radius 3 is 2.27 bits per heavy atom. The van der Waals surface area contributed by atoms with E-state index in [2.05, 4.69) is 10.5 Å². The lowest BCUT2D eigenvalue weighted by atomic mass is 10.0. The number of amidine groups is 1. The molecule has 0 spiro atoms. The molecule has 0 saturated carbocycles. The summed E-state index contributed by atoms with van der Waals surface area (Å²) in [5.41, 5.74) is 10.7. The Labute approximate surface area is 89.7 Å². The number of carbonyl (C=O) groups is 1. The van der Waals surface area contributed by atoms with Crippen LogP contribution in [-0.2, 0) is 4.79 Å². The molecule has 0 radical (unpaired) electrons. The van der Waals surface area contributed by atoms with E-state index in [9.17, 15) is 4.79 Å². The van der Waals surface area contributed by atoms with Gasteiger partial charge in [0.2, 0.25) is 5.91 Å². The molecule has 2 atom stereocenters. The molecular formula is C9H20N4O2. The highest BCUT2D eigenvalue weighted by Crippen LogP contribution is 2.04.